The predicted octanol–water partition coefficient (Wildman–Crippen LogP) is 2.44. The first-order valence-electron chi connectivity index (χ1n) is 5.64. The summed E-state index contributed by atoms with van der Waals surface area (Å²) in [6.07, 6.45) is 1.80. The Bertz CT molecular complexity index is 740. The predicted molar refractivity (Wildman–Crippen MR) is 68.0 cm³/mol. The highest BCUT2D eigenvalue weighted by Crippen LogP contribution is 2.25. The average molecular weight is 226 g/mol. The molecule has 0 aliphatic heterocycles. The van der Waals surface area contributed by atoms with Gasteiger partial charge in [-0.15, -0.1) is 0 Å². The molecule has 2 heterocycles. The second kappa shape index (κ2) is 3.26. The summed E-state index contributed by atoms with van der Waals surface area (Å²) in [5, 5.41) is 0. The molecule has 0 aliphatic carbocycles. The zero-order valence-corrected chi connectivity index (χ0v) is 10.4. The van der Waals surface area contributed by atoms with Gasteiger partial charge in [-0.2, -0.15) is 0 Å². The van der Waals surface area contributed by atoms with Gasteiger partial charge < -0.3 is 4.57 Å². The highest BCUT2D eigenvalue weighted by Gasteiger charge is 2.12. The van der Waals surface area contributed by atoms with Gasteiger partial charge >= 0.3 is 0 Å². The normalized spacial score (nSPS) is 11.5. The van der Waals surface area contributed by atoms with Gasteiger partial charge in [0, 0.05) is 18.8 Å². The molecule has 0 amide bonds. The van der Waals surface area contributed by atoms with Crippen molar-refractivity contribution in [2.45, 2.75) is 20.8 Å². The standard InChI is InChI=1S/C13H14N4/c1-7-6-14-10-5-11-13(8(2)12(10)15-7)17(4)9(3)16-11/h5-6H,1-4H3. The smallest absolute Gasteiger partial charge is 0.106 e. The lowest BCUT2D eigenvalue weighted by atomic mass is 10.1. The van der Waals surface area contributed by atoms with E-state index in [0.29, 0.717) is 0 Å². The molecule has 3 aromatic rings. The van der Waals surface area contributed by atoms with E-state index in [9.17, 15) is 0 Å². The minimum atomic E-state index is 0.915. The van der Waals surface area contributed by atoms with E-state index < -0.39 is 0 Å². The minimum Gasteiger partial charge on any atom is -0.331 e. The topological polar surface area (TPSA) is 43.6 Å². The number of aromatic nitrogens is 4. The Morgan fingerprint density at radius 2 is 1.82 bits per heavy atom. The van der Waals surface area contributed by atoms with Crippen LogP contribution in [0.4, 0.5) is 0 Å². The molecule has 4 heteroatoms. The average Bonchev–Trinajstić information content (AvgIpc) is 2.57. The molecule has 0 fully saturated rings. The zero-order chi connectivity index (χ0) is 12.2. The van der Waals surface area contributed by atoms with E-state index in [2.05, 4.69) is 26.4 Å². The number of imidazole rings is 1. The molecule has 0 saturated carbocycles. The van der Waals surface area contributed by atoms with Crippen LogP contribution in [0.3, 0.4) is 0 Å². The minimum absolute atomic E-state index is 0.915. The molecular weight excluding hydrogens is 212 g/mol. The first-order valence-corrected chi connectivity index (χ1v) is 5.64. The van der Waals surface area contributed by atoms with E-state index in [1.165, 1.54) is 0 Å². The lowest BCUT2D eigenvalue weighted by molar-refractivity contribution is 0.883. The van der Waals surface area contributed by atoms with E-state index in [0.717, 1.165) is 39.1 Å². The van der Waals surface area contributed by atoms with Gasteiger partial charge in [-0.1, -0.05) is 0 Å². The van der Waals surface area contributed by atoms with Gasteiger partial charge in [-0.3, -0.25) is 4.98 Å². The molecule has 0 atom stereocenters. The van der Waals surface area contributed by atoms with Gasteiger partial charge in [-0.25, -0.2) is 9.97 Å². The van der Waals surface area contributed by atoms with E-state index in [-0.39, 0.29) is 0 Å². The Balaban J connectivity index is 2.58. The summed E-state index contributed by atoms with van der Waals surface area (Å²) in [7, 11) is 2.03. The van der Waals surface area contributed by atoms with Crippen molar-refractivity contribution in [2.75, 3.05) is 0 Å². The molecule has 0 aliphatic rings. The van der Waals surface area contributed by atoms with E-state index >= 15 is 0 Å². The molecular formula is C13H14N4. The number of hydrogen-bond acceptors (Lipinski definition) is 3. The summed E-state index contributed by atoms with van der Waals surface area (Å²) in [6.45, 7) is 6.06. The zero-order valence-electron chi connectivity index (χ0n) is 10.4. The van der Waals surface area contributed by atoms with Gasteiger partial charge in [0.25, 0.3) is 0 Å². The molecule has 3 rings (SSSR count). The largest absolute Gasteiger partial charge is 0.331 e. The second-order valence-electron chi connectivity index (χ2n) is 4.47. The number of nitrogens with zero attached hydrogens (tertiary/aromatic N) is 4. The number of rotatable bonds is 0. The monoisotopic (exact) mass is 226 g/mol. The van der Waals surface area contributed by atoms with Crippen LogP contribution in [0.5, 0.6) is 0 Å². The van der Waals surface area contributed by atoms with Crippen LogP contribution in [0, 0.1) is 20.8 Å². The van der Waals surface area contributed by atoms with Crippen LogP contribution >= 0.6 is 0 Å². The maximum Gasteiger partial charge on any atom is 0.106 e. The third-order valence-electron chi connectivity index (χ3n) is 3.25. The van der Waals surface area contributed by atoms with Gasteiger partial charge in [0.05, 0.1) is 27.8 Å². The van der Waals surface area contributed by atoms with Crippen molar-refractivity contribution in [1.29, 1.82) is 0 Å². The Morgan fingerprint density at radius 1 is 1.06 bits per heavy atom. The summed E-state index contributed by atoms with van der Waals surface area (Å²) in [5.74, 6) is 1.01. The maximum atomic E-state index is 4.57. The molecule has 0 saturated heterocycles. The lowest BCUT2D eigenvalue weighted by Crippen LogP contribution is -1.95. The van der Waals surface area contributed by atoms with Crippen molar-refractivity contribution in [1.82, 2.24) is 19.5 Å². The third kappa shape index (κ3) is 1.33. The van der Waals surface area contributed by atoms with Gasteiger partial charge in [0.1, 0.15) is 5.82 Å². The molecule has 0 bridgehead atoms. The summed E-state index contributed by atoms with van der Waals surface area (Å²) in [4.78, 5) is 13.5. The molecule has 2 aromatic heterocycles. The van der Waals surface area contributed by atoms with Crippen molar-refractivity contribution >= 4 is 22.1 Å². The summed E-state index contributed by atoms with van der Waals surface area (Å²) < 4.78 is 2.11. The number of hydrogen-bond donors (Lipinski definition) is 0. The van der Waals surface area contributed by atoms with E-state index in [1.54, 1.807) is 6.20 Å². The highest BCUT2D eigenvalue weighted by atomic mass is 15.1. The van der Waals surface area contributed by atoms with Crippen LogP contribution < -0.4 is 0 Å². The first-order chi connectivity index (χ1) is 8.08. The summed E-state index contributed by atoms with van der Waals surface area (Å²) >= 11 is 0. The molecule has 1 aromatic carbocycles. The Hall–Kier alpha value is -1.97. The first kappa shape index (κ1) is 10.2. The fraction of sp³-hybridized carbons (Fsp3) is 0.308. The summed E-state index contributed by atoms with van der Waals surface area (Å²) in [6, 6.07) is 2.01. The van der Waals surface area contributed by atoms with Crippen molar-refractivity contribution in [3.63, 3.8) is 0 Å². The van der Waals surface area contributed by atoms with E-state index in [1.807, 2.05) is 27.0 Å². The van der Waals surface area contributed by atoms with Crippen molar-refractivity contribution in [3.05, 3.63) is 29.3 Å². The van der Waals surface area contributed by atoms with Gasteiger partial charge in [0.2, 0.25) is 0 Å². The van der Waals surface area contributed by atoms with Crippen LogP contribution in [0.25, 0.3) is 22.1 Å². The molecule has 0 N–H and O–H groups in total. The van der Waals surface area contributed by atoms with Gasteiger partial charge in [0.15, 0.2) is 0 Å². The van der Waals surface area contributed by atoms with Crippen molar-refractivity contribution in [3.8, 4) is 0 Å². The van der Waals surface area contributed by atoms with Crippen molar-refractivity contribution < 1.29 is 0 Å². The Labute approximate surface area is 99.3 Å². The van der Waals surface area contributed by atoms with Crippen LogP contribution in [0.15, 0.2) is 12.3 Å². The van der Waals surface area contributed by atoms with Crippen LogP contribution in [0.1, 0.15) is 17.1 Å². The molecule has 0 unspecified atom stereocenters. The number of benzene rings is 1. The quantitative estimate of drug-likeness (QED) is 0.591. The van der Waals surface area contributed by atoms with Gasteiger partial charge in [-0.05, 0) is 26.8 Å². The SMILES string of the molecule is Cc1cnc2cc3nc(C)n(C)c3c(C)c2n1. The second-order valence-corrected chi connectivity index (χ2v) is 4.47. The Morgan fingerprint density at radius 3 is 2.59 bits per heavy atom. The number of fused-ring (bicyclic) bond motifs is 2. The maximum absolute atomic E-state index is 4.57. The lowest BCUT2D eigenvalue weighted by Gasteiger charge is -2.05. The molecule has 0 spiro atoms. The number of aryl methyl sites for hydroxylation is 4. The molecule has 4 nitrogen and oxygen atoms in total. The molecule has 0 radical (unpaired) electrons. The van der Waals surface area contributed by atoms with Crippen LogP contribution in [0.2, 0.25) is 0 Å². The molecule has 86 valence electrons. The van der Waals surface area contributed by atoms with Crippen molar-refractivity contribution in [2.24, 2.45) is 7.05 Å². The fourth-order valence-corrected chi connectivity index (χ4v) is 2.29. The molecule has 17 heavy (non-hydrogen) atoms. The fourth-order valence-electron chi connectivity index (χ4n) is 2.29. The van der Waals surface area contributed by atoms with E-state index in [4.69, 9.17) is 0 Å². The summed E-state index contributed by atoms with van der Waals surface area (Å²) in [5.41, 5.74) is 6.12. The third-order valence-corrected chi connectivity index (χ3v) is 3.25. The van der Waals surface area contributed by atoms with Crippen LogP contribution in [-0.2, 0) is 7.05 Å². The Kier molecular flexibility index (Phi) is 1.96. The van der Waals surface area contributed by atoms with Crippen LogP contribution in [-0.4, -0.2) is 19.5 Å². The highest BCUT2D eigenvalue weighted by molar-refractivity contribution is 5.95.